The molecule has 0 aliphatic rings. The average molecular weight is 408 g/mol. The van der Waals surface area contributed by atoms with Gasteiger partial charge in [-0.3, -0.25) is 0 Å². The number of rotatable bonds is 4. The third-order valence-corrected chi connectivity index (χ3v) is 4.19. The van der Waals surface area contributed by atoms with Crippen LogP contribution in [0.4, 0.5) is 10.2 Å². The fraction of sp³-hybridized carbons (Fsp3) is 0.0556. The van der Waals surface area contributed by atoms with Crippen LogP contribution in [0, 0.1) is 5.82 Å². The zero-order valence-corrected chi connectivity index (χ0v) is 15.4. The van der Waals surface area contributed by atoms with Crippen molar-refractivity contribution >= 4 is 35.0 Å². The molecule has 0 unspecified atom stereocenters. The fourth-order valence-corrected chi connectivity index (χ4v) is 2.64. The standard InChI is InChI=1S/C18H12Cl2FN3O3/c1-26-15-11(19)8-7-10(13(15)21)17-23-14(12(20)16(22)24-17)18(25)27-9-5-3-2-4-6-9/h2-8H,1H3,(H2,22,23,24). The van der Waals surface area contributed by atoms with E-state index in [4.69, 9.17) is 38.4 Å². The number of halogens is 3. The molecule has 0 amide bonds. The molecule has 0 saturated carbocycles. The Hall–Kier alpha value is -2.90. The molecule has 2 N–H and O–H groups in total. The fourth-order valence-electron chi connectivity index (χ4n) is 2.26. The molecule has 0 fully saturated rings. The van der Waals surface area contributed by atoms with Crippen molar-refractivity contribution in [1.82, 2.24) is 9.97 Å². The zero-order valence-electron chi connectivity index (χ0n) is 13.9. The number of methoxy groups -OCH3 is 1. The molecule has 9 heteroatoms. The largest absolute Gasteiger partial charge is 0.492 e. The molecular formula is C18H12Cl2FN3O3. The Morgan fingerprint density at radius 3 is 2.48 bits per heavy atom. The maximum absolute atomic E-state index is 14.7. The first kappa shape index (κ1) is 18.9. The van der Waals surface area contributed by atoms with Gasteiger partial charge in [-0.05, 0) is 24.3 Å². The summed E-state index contributed by atoms with van der Waals surface area (Å²) in [7, 11) is 1.27. The molecule has 0 radical (unpaired) electrons. The highest BCUT2D eigenvalue weighted by molar-refractivity contribution is 6.35. The molecule has 138 valence electrons. The lowest BCUT2D eigenvalue weighted by molar-refractivity contribution is 0.0729. The summed E-state index contributed by atoms with van der Waals surface area (Å²) in [5.74, 6) is -1.91. The van der Waals surface area contributed by atoms with E-state index in [0.29, 0.717) is 0 Å². The first-order valence-electron chi connectivity index (χ1n) is 7.55. The number of nitrogens with zero attached hydrogens (tertiary/aromatic N) is 2. The van der Waals surface area contributed by atoms with Gasteiger partial charge in [-0.1, -0.05) is 41.4 Å². The quantitative estimate of drug-likeness (QED) is 0.509. The number of carbonyl (C=O) groups excluding carboxylic acids is 1. The number of hydrogen-bond donors (Lipinski definition) is 1. The molecule has 0 spiro atoms. The van der Waals surface area contributed by atoms with Crippen molar-refractivity contribution in [3.63, 3.8) is 0 Å². The van der Waals surface area contributed by atoms with Crippen molar-refractivity contribution in [3.8, 4) is 22.9 Å². The molecule has 3 rings (SSSR count). The van der Waals surface area contributed by atoms with Gasteiger partial charge in [0.15, 0.2) is 23.1 Å². The predicted octanol–water partition coefficient (Wildman–Crippen LogP) is 4.40. The lowest BCUT2D eigenvalue weighted by Crippen LogP contribution is -2.14. The topological polar surface area (TPSA) is 87.3 Å². The monoisotopic (exact) mass is 407 g/mol. The Bertz CT molecular complexity index is 1020. The van der Waals surface area contributed by atoms with Gasteiger partial charge < -0.3 is 15.2 Å². The van der Waals surface area contributed by atoms with Gasteiger partial charge in [0.2, 0.25) is 0 Å². The number of esters is 1. The van der Waals surface area contributed by atoms with Crippen molar-refractivity contribution in [2.24, 2.45) is 0 Å². The Balaban J connectivity index is 2.06. The molecule has 27 heavy (non-hydrogen) atoms. The highest BCUT2D eigenvalue weighted by Crippen LogP contribution is 2.35. The molecule has 0 atom stereocenters. The summed E-state index contributed by atoms with van der Waals surface area (Å²) in [6, 6.07) is 11.1. The number of benzene rings is 2. The van der Waals surface area contributed by atoms with Gasteiger partial charge in [-0.15, -0.1) is 0 Å². The summed E-state index contributed by atoms with van der Waals surface area (Å²) in [4.78, 5) is 20.4. The van der Waals surface area contributed by atoms with Gasteiger partial charge in [-0.2, -0.15) is 0 Å². The molecule has 3 aromatic rings. The number of ether oxygens (including phenoxy) is 2. The van der Waals surface area contributed by atoms with E-state index in [0.717, 1.165) is 0 Å². The van der Waals surface area contributed by atoms with Gasteiger partial charge in [0, 0.05) is 0 Å². The van der Waals surface area contributed by atoms with Crippen molar-refractivity contribution in [1.29, 1.82) is 0 Å². The molecule has 1 heterocycles. The van der Waals surface area contributed by atoms with Gasteiger partial charge >= 0.3 is 5.97 Å². The minimum Gasteiger partial charge on any atom is -0.492 e. The number of aromatic nitrogens is 2. The first-order chi connectivity index (χ1) is 12.9. The van der Waals surface area contributed by atoms with Crippen molar-refractivity contribution in [2.75, 3.05) is 12.8 Å². The van der Waals surface area contributed by atoms with Crippen LogP contribution in [0.25, 0.3) is 11.4 Å². The Kier molecular flexibility index (Phi) is 5.43. The predicted molar refractivity (Wildman–Crippen MR) is 99.8 cm³/mol. The molecule has 2 aromatic carbocycles. The van der Waals surface area contributed by atoms with Gasteiger partial charge in [-0.25, -0.2) is 19.2 Å². The summed E-state index contributed by atoms with van der Waals surface area (Å²) >= 11 is 11.9. The first-order valence-corrected chi connectivity index (χ1v) is 8.30. The van der Waals surface area contributed by atoms with Crippen LogP contribution in [0.3, 0.4) is 0 Å². The second-order valence-electron chi connectivity index (χ2n) is 5.24. The SMILES string of the molecule is COc1c(Cl)ccc(-c2nc(N)c(Cl)c(C(=O)Oc3ccccc3)n2)c1F. The average Bonchev–Trinajstić information content (AvgIpc) is 2.65. The van der Waals surface area contributed by atoms with Crippen LogP contribution in [0.2, 0.25) is 10.0 Å². The van der Waals surface area contributed by atoms with Crippen molar-refractivity contribution in [2.45, 2.75) is 0 Å². The van der Waals surface area contributed by atoms with E-state index in [-0.39, 0.29) is 44.4 Å². The van der Waals surface area contributed by atoms with E-state index in [1.54, 1.807) is 30.3 Å². The Labute approximate surface area is 163 Å². The van der Waals surface area contributed by atoms with Gasteiger partial charge in [0.25, 0.3) is 0 Å². The molecular weight excluding hydrogens is 396 g/mol. The van der Waals surface area contributed by atoms with E-state index in [9.17, 15) is 9.18 Å². The Morgan fingerprint density at radius 2 is 1.81 bits per heavy atom. The highest BCUT2D eigenvalue weighted by atomic mass is 35.5. The minimum atomic E-state index is -0.858. The molecule has 0 aliphatic heterocycles. The third-order valence-electron chi connectivity index (χ3n) is 3.52. The second-order valence-corrected chi connectivity index (χ2v) is 6.02. The van der Waals surface area contributed by atoms with Crippen LogP contribution >= 0.6 is 23.2 Å². The van der Waals surface area contributed by atoms with E-state index in [1.807, 2.05) is 0 Å². The smallest absolute Gasteiger partial charge is 0.364 e. The summed E-state index contributed by atoms with van der Waals surface area (Å²) in [6.07, 6.45) is 0. The van der Waals surface area contributed by atoms with Gasteiger partial charge in [0.1, 0.15) is 16.6 Å². The maximum atomic E-state index is 14.7. The van der Waals surface area contributed by atoms with Gasteiger partial charge in [0.05, 0.1) is 17.7 Å². The van der Waals surface area contributed by atoms with E-state index >= 15 is 0 Å². The molecule has 1 aromatic heterocycles. The van der Waals surface area contributed by atoms with Crippen LogP contribution in [-0.2, 0) is 0 Å². The van der Waals surface area contributed by atoms with E-state index < -0.39 is 11.8 Å². The molecule has 0 bridgehead atoms. The Morgan fingerprint density at radius 1 is 1.11 bits per heavy atom. The zero-order chi connectivity index (χ0) is 19.6. The normalized spacial score (nSPS) is 10.5. The van der Waals surface area contributed by atoms with Crippen LogP contribution in [-0.4, -0.2) is 23.0 Å². The lowest BCUT2D eigenvalue weighted by Gasteiger charge is -2.11. The summed E-state index contributed by atoms with van der Waals surface area (Å²) < 4.78 is 24.8. The number of nitrogens with two attached hydrogens (primary N) is 1. The number of hydrogen-bond acceptors (Lipinski definition) is 6. The molecule has 0 aliphatic carbocycles. The van der Waals surface area contributed by atoms with Crippen molar-refractivity contribution < 1.29 is 18.7 Å². The molecule has 6 nitrogen and oxygen atoms in total. The van der Waals surface area contributed by atoms with Crippen LogP contribution in [0.1, 0.15) is 10.5 Å². The van der Waals surface area contributed by atoms with E-state index in [2.05, 4.69) is 9.97 Å². The van der Waals surface area contributed by atoms with E-state index in [1.165, 1.54) is 19.2 Å². The number of carbonyl (C=O) groups is 1. The second kappa shape index (κ2) is 7.77. The number of nitrogen functional groups attached to an aromatic ring is 1. The summed E-state index contributed by atoms with van der Waals surface area (Å²) in [5, 5.41) is -0.120. The van der Waals surface area contributed by atoms with Crippen LogP contribution in [0.15, 0.2) is 42.5 Å². The molecule has 0 saturated heterocycles. The third kappa shape index (κ3) is 3.79. The maximum Gasteiger partial charge on any atom is 0.364 e. The van der Waals surface area contributed by atoms with Crippen LogP contribution < -0.4 is 15.2 Å². The highest BCUT2D eigenvalue weighted by Gasteiger charge is 2.23. The number of para-hydroxylation sites is 1. The number of anilines is 1. The lowest BCUT2D eigenvalue weighted by atomic mass is 10.1. The summed E-state index contributed by atoms with van der Waals surface area (Å²) in [5.41, 5.74) is 5.41. The van der Waals surface area contributed by atoms with Crippen molar-refractivity contribution in [3.05, 3.63) is 64.0 Å². The van der Waals surface area contributed by atoms with Crippen LogP contribution in [0.5, 0.6) is 11.5 Å². The summed E-state index contributed by atoms with van der Waals surface area (Å²) in [6.45, 7) is 0. The minimum absolute atomic E-state index is 0.0617.